The zero-order chi connectivity index (χ0) is 13.4. The van der Waals surface area contributed by atoms with Gasteiger partial charge in [-0.25, -0.2) is 4.98 Å². The molecule has 0 saturated heterocycles. The Labute approximate surface area is 108 Å². The van der Waals surface area contributed by atoms with E-state index in [0.717, 1.165) is 12.4 Å². The van der Waals surface area contributed by atoms with E-state index in [1.54, 1.807) is 24.4 Å². The maximum absolute atomic E-state index is 11.7. The van der Waals surface area contributed by atoms with E-state index in [9.17, 15) is 4.79 Å². The largest absolute Gasteiger partial charge is 0.367 e. The molecule has 2 N–H and O–H groups in total. The van der Waals surface area contributed by atoms with E-state index in [-0.39, 0.29) is 5.91 Å². The standard InChI is InChI=1S/C13H20N4O/c1-4-7-14-12-6-5-11(10-16-12)13(18)15-8-9-17(2)3/h4-6,10H,1,7-9H2,2-3H3,(H,14,16)(H,15,18). The zero-order valence-electron chi connectivity index (χ0n) is 10.9. The number of hydrogen-bond acceptors (Lipinski definition) is 4. The normalized spacial score (nSPS) is 10.2. The quantitative estimate of drug-likeness (QED) is 0.706. The molecule has 1 amide bonds. The number of pyridine rings is 1. The Morgan fingerprint density at radius 2 is 2.28 bits per heavy atom. The summed E-state index contributed by atoms with van der Waals surface area (Å²) in [7, 11) is 3.93. The van der Waals surface area contributed by atoms with Crippen molar-refractivity contribution < 1.29 is 4.79 Å². The van der Waals surface area contributed by atoms with Gasteiger partial charge < -0.3 is 15.5 Å². The lowest BCUT2D eigenvalue weighted by Crippen LogP contribution is -2.31. The summed E-state index contributed by atoms with van der Waals surface area (Å²) in [6, 6.07) is 3.54. The molecule has 1 aromatic rings. The highest BCUT2D eigenvalue weighted by molar-refractivity contribution is 5.94. The van der Waals surface area contributed by atoms with Crippen molar-refractivity contribution in [3.05, 3.63) is 36.5 Å². The Bertz CT molecular complexity index is 386. The molecule has 18 heavy (non-hydrogen) atoms. The topological polar surface area (TPSA) is 57.3 Å². The fourth-order valence-electron chi connectivity index (χ4n) is 1.30. The number of nitrogens with one attached hydrogen (secondary N) is 2. The lowest BCUT2D eigenvalue weighted by molar-refractivity contribution is 0.0950. The first-order valence-electron chi connectivity index (χ1n) is 5.87. The highest BCUT2D eigenvalue weighted by Crippen LogP contribution is 2.04. The molecule has 5 nitrogen and oxygen atoms in total. The SMILES string of the molecule is C=CCNc1ccc(C(=O)NCCN(C)C)cn1. The van der Waals surface area contributed by atoms with Crippen LogP contribution in [0.25, 0.3) is 0 Å². The van der Waals surface area contributed by atoms with Crippen LogP contribution in [0.1, 0.15) is 10.4 Å². The van der Waals surface area contributed by atoms with Crippen molar-refractivity contribution in [2.24, 2.45) is 0 Å². The van der Waals surface area contributed by atoms with Gasteiger partial charge in [0.1, 0.15) is 5.82 Å². The lowest BCUT2D eigenvalue weighted by Gasteiger charge is -2.10. The average molecular weight is 248 g/mol. The van der Waals surface area contributed by atoms with Gasteiger partial charge in [0.15, 0.2) is 0 Å². The molecule has 0 atom stereocenters. The molecule has 98 valence electrons. The van der Waals surface area contributed by atoms with E-state index < -0.39 is 0 Å². The fourth-order valence-corrected chi connectivity index (χ4v) is 1.30. The molecule has 1 aromatic heterocycles. The number of carbonyl (C=O) groups excluding carboxylic acids is 1. The van der Waals surface area contributed by atoms with Gasteiger partial charge in [0.25, 0.3) is 5.91 Å². The second kappa shape index (κ2) is 7.45. The second-order valence-corrected chi connectivity index (χ2v) is 4.16. The minimum Gasteiger partial charge on any atom is -0.367 e. The molecule has 5 heteroatoms. The van der Waals surface area contributed by atoms with Crippen molar-refractivity contribution in [2.75, 3.05) is 39.0 Å². The minimum atomic E-state index is -0.0976. The molecule has 0 fully saturated rings. The summed E-state index contributed by atoms with van der Waals surface area (Å²) in [5.41, 5.74) is 0.568. The predicted octanol–water partition coefficient (Wildman–Crippen LogP) is 0.971. The molecular formula is C13H20N4O. The monoisotopic (exact) mass is 248 g/mol. The van der Waals surface area contributed by atoms with Gasteiger partial charge in [-0.1, -0.05) is 6.08 Å². The summed E-state index contributed by atoms with van der Waals surface area (Å²) < 4.78 is 0. The van der Waals surface area contributed by atoms with E-state index in [4.69, 9.17) is 0 Å². The van der Waals surface area contributed by atoms with Crippen molar-refractivity contribution in [1.29, 1.82) is 0 Å². The Morgan fingerprint density at radius 1 is 1.50 bits per heavy atom. The number of likely N-dealkylation sites (N-methyl/N-ethyl adjacent to an activating group) is 1. The highest BCUT2D eigenvalue weighted by atomic mass is 16.1. The number of hydrogen-bond donors (Lipinski definition) is 2. The molecule has 0 saturated carbocycles. The second-order valence-electron chi connectivity index (χ2n) is 4.16. The molecule has 0 spiro atoms. The molecule has 0 unspecified atom stereocenters. The van der Waals surface area contributed by atoms with Gasteiger partial charge in [0, 0.05) is 25.8 Å². The van der Waals surface area contributed by atoms with Crippen molar-refractivity contribution in [3.8, 4) is 0 Å². The number of anilines is 1. The Kier molecular flexibility index (Phi) is 5.87. The van der Waals surface area contributed by atoms with Crippen LogP contribution in [0.4, 0.5) is 5.82 Å². The van der Waals surface area contributed by atoms with Gasteiger partial charge in [0.05, 0.1) is 5.56 Å². The molecule has 0 bridgehead atoms. The number of amides is 1. The van der Waals surface area contributed by atoms with E-state index in [0.29, 0.717) is 18.7 Å². The predicted molar refractivity (Wildman–Crippen MR) is 73.8 cm³/mol. The van der Waals surface area contributed by atoms with Crippen molar-refractivity contribution in [1.82, 2.24) is 15.2 Å². The summed E-state index contributed by atoms with van der Waals surface area (Å²) in [6.07, 6.45) is 3.32. The Balaban J connectivity index is 2.45. The van der Waals surface area contributed by atoms with Crippen LogP contribution >= 0.6 is 0 Å². The van der Waals surface area contributed by atoms with E-state index >= 15 is 0 Å². The van der Waals surface area contributed by atoms with Gasteiger partial charge in [-0.3, -0.25) is 4.79 Å². The van der Waals surface area contributed by atoms with Crippen LogP contribution in [0.5, 0.6) is 0 Å². The molecule has 0 aliphatic carbocycles. The summed E-state index contributed by atoms with van der Waals surface area (Å²) in [4.78, 5) is 17.9. The van der Waals surface area contributed by atoms with E-state index in [1.165, 1.54) is 0 Å². The highest BCUT2D eigenvalue weighted by Gasteiger charge is 2.05. The number of rotatable bonds is 7. The van der Waals surface area contributed by atoms with E-state index in [1.807, 2.05) is 19.0 Å². The third-order valence-corrected chi connectivity index (χ3v) is 2.30. The maximum Gasteiger partial charge on any atom is 0.252 e. The van der Waals surface area contributed by atoms with Crippen molar-refractivity contribution in [2.45, 2.75) is 0 Å². The molecule has 0 aromatic carbocycles. The van der Waals surface area contributed by atoms with Gasteiger partial charge in [-0.2, -0.15) is 0 Å². The molecule has 0 aliphatic rings. The number of carbonyl (C=O) groups is 1. The van der Waals surface area contributed by atoms with Crippen molar-refractivity contribution >= 4 is 11.7 Å². The minimum absolute atomic E-state index is 0.0976. The summed E-state index contributed by atoms with van der Waals surface area (Å²) >= 11 is 0. The Morgan fingerprint density at radius 3 is 2.83 bits per heavy atom. The average Bonchev–Trinajstić information content (AvgIpc) is 2.36. The molecule has 0 aliphatic heterocycles. The number of nitrogens with zero attached hydrogens (tertiary/aromatic N) is 2. The number of aromatic nitrogens is 1. The first-order valence-corrected chi connectivity index (χ1v) is 5.87. The lowest BCUT2D eigenvalue weighted by atomic mass is 10.2. The smallest absolute Gasteiger partial charge is 0.252 e. The van der Waals surface area contributed by atoms with Crippen LogP contribution < -0.4 is 10.6 Å². The first kappa shape index (κ1) is 14.2. The summed E-state index contributed by atoms with van der Waals surface area (Å²) in [6.45, 7) is 5.71. The summed E-state index contributed by atoms with van der Waals surface area (Å²) in [5, 5.41) is 5.89. The van der Waals surface area contributed by atoms with Gasteiger partial charge >= 0.3 is 0 Å². The van der Waals surface area contributed by atoms with Gasteiger partial charge in [0.2, 0.25) is 0 Å². The van der Waals surface area contributed by atoms with Gasteiger partial charge in [-0.15, -0.1) is 6.58 Å². The molecular weight excluding hydrogens is 228 g/mol. The van der Waals surface area contributed by atoms with Crippen molar-refractivity contribution in [3.63, 3.8) is 0 Å². The molecule has 0 radical (unpaired) electrons. The van der Waals surface area contributed by atoms with Crippen LogP contribution in [0.3, 0.4) is 0 Å². The first-order chi connectivity index (χ1) is 8.63. The van der Waals surface area contributed by atoms with Crippen LogP contribution in [-0.4, -0.2) is 49.5 Å². The van der Waals surface area contributed by atoms with Crippen LogP contribution in [0.2, 0.25) is 0 Å². The summed E-state index contributed by atoms with van der Waals surface area (Å²) in [5.74, 6) is 0.638. The zero-order valence-corrected chi connectivity index (χ0v) is 10.9. The van der Waals surface area contributed by atoms with Gasteiger partial charge in [-0.05, 0) is 26.2 Å². The molecule has 1 rings (SSSR count). The third-order valence-electron chi connectivity index (χ3n) is 2.30. The fraction of sp³-hybridized carbons (Fsp3) is 0.385. The maximum atomic E-state index is 11.7. The third kappa shape index (κ3) is 4.97. The Hall–Kier alpha value is -1.88. The van der Waals surface area contributed by atoms with E-state index in [2.05, 4.69) is 22.2 Å². The van der Waals surface area contributed by atoms with Crippen LogP contribution in [-0.2, 0) is 0 Å². The molecule has 1 heterocycles. The van der Waals surface area contributed by atoms with Crippen LogP contribution in [0.15, 0.2) is 31.0 Å². The van der Waals surface area contributed by atoms with Crippen LogP contribution in [0, 0.1) is 0 Å².